The van der Waals surface area contributed by atoms with Crippen molar-refractivity contribution < 1.29 is 4.74 Å². The average Bonchev–Trinajstić information content (AvgIpc) is 2.35. The summed E-state index contributed by atoms with van der Waals surface area (Å²) in [5.41, 5.74) is 3.67. The smallest absolute Gasteiger partial charge is 0.122 e. The molecule has 1 aromatic carbocycles. The molecule has 0 bridgehead atoms. The first-order chi connectivity index (χ1) is 8.20. The van der Waals surface area contributed by atoms with Crippen molar-refractivity contribution in [2.24, 2.45) is 0 Å². The molecule has 0 heterocycles. The molecular weight excluding hydrogens is 208 g/mol. The van der Waals surface area contributed by atoms with Crippen LogP contribution in [0.15, 0.2) is 30.9 Å². The lowest BCUT2D eigenvalue weighted by Gasteiger charge is -2.11. The first kappa shape index (κ1) is 15.5. The van der Waals surface area contributed by atoms with Gasteiger partial charge >= 0.3 is 0 Å². The Kier molecular flexibility index (Phi) is 7.87. The van der Waals surface area contributed by atoms with E-state index in [2.05, 4.69) is 32.6 Å². The van der Waals surface area contributed by atoms with E-state index in [-0.39, 0.29) is 0 Å². The molecule has 0 saturated carbocycles. The fourth-order valence-corrected chi connectivity index (χ4v) is 1.58. The Morgan fingerprint density at radius 3 is 2.41 bits per heavy atom. The number of hydrogen-bond donors (Lipinski definition) is 0. The standard InChI is InChI=1S/C14H18O.C2H6/c1-5-7-8-13-11(3)9-10-14(12(13)4)15-6-2;1-2/h5,7-10H,1,6H2,2-4H3;1-2H3/b8-7-;. The zero-order valence-electron chi connectivity index (χ0n) is 11.7. The lowest BCUT2D eigenvalue weighted by Crippen LogP contribution is -1.96. The zero-order chi connectivity index (χ0) is 13.3. The largest absolute Gasteiger partial charge is 0.494 e. The van der Waals surface area contributed by atoms with Gasteiger partial charge in [0, 0.05) is 0 Å². The van der Waals surface area contributed by atoms with Crippen molar-refractivity contribution in [2.45, 2.75) is 34.6 Å². The van der Waals surface area contributed by atoms with Gasteiger partial charge in [-0.2, -0.15) is 0 Å². The molecule has 0 unspecified atom stereocenters. The Bertz CT molecular complexity index is 375. The highest BCUT2D eigenvalue weighted by Gasteiger charge is 2.04. The molecule has 17 heavy (non-hydrogen) atoms. The summed E-state index contributed by atoms with van der Waals surface area (Å²) in [6.07, 6.45) is 5.80. The average molecular weight is 232 g/mol. The Hall–Kier alpha value is -1.50. The van der Waals surface area contributed by atoms with Gasteiger partial charge < -0.3 is 4.74 Å². The molecule has 1 aromatic rings. The molecule has 1 nitrogen and oxygen atoms in total. The molecule has 0 aliphatic rings. The minimum absolute atomic E-state index is 0.703. The van der Waals surface area contributed by atoms with Crippen molar-refractivity contribution in [1.29, 1.82) is 0 Å². The number of hydrogen-bond acceptors (Lipinski definition) is 1. The fraction of sp³-hybridized carbons (Fsp3) is 0.375. The van der Waals surface area contributed by atoms with E-state index in [4.69, 9.17) is 4.74 Å². The van der Waals surface area contributed by atoms with Gasteiger partial charge in [-0.3, -0.25) is 0 Å². The Labute approximate surface area is 106 Å². The fourth-order valence-electron chi connectivity index (χ4n) is 1.58. The Morgan fingerprint density at radius 1 is 1.24 bits per heavy atom. The van der Waals surface area contributed by atoms with Gasteiger partial charge in [-0.05, 0) is 43.5 Å². The van der Waals surface area contributed by atoms with Gasteiger partial charge in [0.1, 0.15) is 5.75 Å². The van der Waals surface area contributed by atoms with Crippen molar-refractivity contribution in [3.8, 4) is 5.75 Å². The maximum atomic E-state index is 5.55. The Balaban J connectivity index is 0.00000121. The molecule has 1 heteroatoms. The second kappa shape index (κ2) is 8.63. The van der Waals surface area contributed by atoms with E-state index in [1.807, 2.05) is 32.9 Å². The van der Waals surface area contributed by atoms with Crippen LogP contribution in [0.1, 0.15) is 37.5 Å². The summed E-state index contributed by atoms with van der Waals surface area (Å²) in [6.45, 7) is 14.6. The van der Waals surface area contributed by atoms with E-state index < -0.39 is 0 Å². The summed E-state index contributed by atoms with van der Waals surface area (Å²) in [6, 6.07) is 4.11. The third kappa shape index (κ3) is 4.48. The van der Waals surface area contributed by atoms with E-state index in [1.54, 1.807) is 6.08 Å². The second-order valence-corrected chi connectivity index (χ2v) is 3.45. The molecule has 0 atom stereocenters. The number of rotatable bonds is 4. The van der Waals surface area contributed by atoms with Crippen molar-refractivity contribution >= 4 is 6.08 Å². The highest BCUT2D eigenvalue weighted by Crippen LogP contribution is 2.25. The summed E-state index contributed by atoms with van der Waals surface area (Å²) in [4.78, 5) is 0. The van der Waals surface area contributed by atoms with Crippen LogP contribution in [0, 0.1) is 13.8 Å². The Morgan fingerprint density at radius 2 is 1.88 bits per heavy atom. The van der Waals surface area contributed by atoms with Gasteiger partial charge in [-0.15, -0.1) is 0 Å². The number of ether oxygens (including phenoxy) is 1. The van der Waals surface area contributed by atoms with Crippen LogP contribution in [0.5, 0.6) is 5.75 Å². The molecule has 0 aliphatic heterocycles. The maximum absolute atomic E-state index is 5.55. The molecule has 0 aliphatic carbocycles. The van der Waals surface area contributed by atoms with Crippen LogP contribution in [-0.2, 0) is 0 Å². The van der Waals surface area contributed by atoms with Gasteiger partial charge in [0.05, 0.1) is 6.61 Å². The monoisotopic (exact) mass is 232 g/mol. The number of aryl methyl sites for hydroxylation is 1. The quantitative estimate of drug-likeness (QED) is 0.669. The third-order valence-electron chi connectivity index (χ3n) is 2.38. The van der Waals surface area contributed by atoms with E-state index in [9.17, 15) is 0 Å². The highest BCUT2D eigenvalue weighted by atomic mass is 16.5. The van der Waals surface area contributed by atoms with Crippen LogP contribution >= 0.6 is 0 Å². The first-order valence-corrected chi connectivity index (χ1v) is 6.22. The van der Waals surface area contributed by atoms with E-state index >= 15 is 0 Å². The minimum Gasteiger partial charge on any atom is -0.494 e. The van der Waals surface area contributed by atoms with E-state index in [0.29, 0.717) is 6.61 Å². The third-order valence-corrected chi connectivity index (χ3v) is 2.38. The van der Waals surface area contributed by atoms with Gasteiger partial charge in [0.25, 0.3) is 0 Å². The van der Waals surface area contributed by atoms with Crippen molar-refractivity contribution in [3.05, 3.63) is 47.6 Å². The van der Waals surface area contributed by atoms with Gasteiger partial charge in [0.2, 0.25) is 0 Å². The van der Waals surface area contributed by atoms with E-state index in [0.717, 1.165) is 5.75 Å². The van der Waals surface area contributed by atoms with Gasteiger partial charge in [-0.1, -0.05) is 44.7 Å². The van der Waals surface area contributed by atoms with Crippen LogP contribution in [0.4, 0.5) is 0 Å². The summed E-state index contributed by atoms with van der Waals surface area (Å²) in [5.74, 6) is 0.965. The molecule has 0 fully saturated rings. The lowest BCUT2D eigenvalue weighted by atomic mass is 10.0. The van der Waals surface area contributed by atoms with Crippen LogP contribution < -0.4 is 4.74 Å². The molecule has 0 aromatic heterocycles. The van der Waals surface area contributed by atoms with Crippen LogP contribution in [0.2, 0.25) is 0 Å². The van der Waals surface area contributed by atoms with E-state index in [1.165, 1.54) is 16.7 Å². The predicted octanol–water partition coefficient (Wildman–Crippen LogP) is 4.93. The van der Waals surface area contributed by atoms with Crippen LogP contribution in [0.25, 0.3) is 6.08 Å². The van der Waals surface area contributed by atoms with Crippen LogP contribution in [-0.4, -0.2) is 6.61 Å². The number of allylic oxidation sites excluding steroid dienone is 2. The lowest BCUT2D eigenvalue weighted by molar-refractivity contribution is 0.337. The molecule has 0 amide bonds. The van der Waals surface area contributed by atoms with Crippen molar-refractivity contribution in [3.63, 3.8) is 0 Å². The van der Waals surface area contributed by atoms with Crippen molar-refractivity contribution in [1.82, 2.24) is 0 Å². The number of benzene rings is 1. The topological polar surface area (TPSA) is 9.23 Å². The first-order valence-electron chi connectivity index (χ1n) is 6.22. The van der Waals surface area contributed by atoms with Crippen molar-refractivity contribution in [2.75, 3.05) is 6.61 Å². The van der Waals surface area contributed by atoms with Gasteiger partial charge in [-0.25, -0.2) is 0 Å². The molecule has 0 N–H and O–H groups in total. The summed E-state index contributed by atoms with van der Waals surface area (Å²) < 4.78 is 5.55. The highest BCUT2D eigenvalue weighted by molar-refractivity contribution is 5.62. The molecule has 94 valence electrons. The normalized spacial score (nSPS) is 9.71. The zero-order valence-corrected chi connectivity index (χ0v) is 11.7. The molecule has 0 spiro atoms. The maximum Gasteiger partial charge on any atom is 0.122 e. The minimum atomic E-state index is 0.703. The SMILES string of the molecule is C=C/C=C\c1c(C)ccc(OCC)c1C.CC. The second-order valence-electron chi connectivity index (χ2n) is 3.45. The summed E-state index contributed by atoms with van der Waals surface area (Å²) >= 11 is 0. The molecule has 0 radical (unpaired) electrons. The summed E-state index contributed by atoms with van der Waals surface area (Å²) in [5, 5.41) is 0. The molecule has 0 saturated heterocycles. The summed E-state index contributed by atoms with van der Waals surface area (Å²) in [7, 11) is 0. The van der Waals surface area contributed by atoms with Gasteiger partial charge in [0.15, 0.2) is 0 Å². The predicted molar refractivity (Wildman–Crippen MR) is 77.7 cm³/mol. The molecule has 1 rings (SSSR count). The molecular formula is C16H24O. The van der Waals surface area contributed by atoms with Crippen LogP contribution in [0.3, 0.4) is 0 Å².